The Labute approximate surface area is 83.8 Å². The Morgan fingerprint density at radius 3 is 2.57 bits per heavy atom. The standard InChI is InChI=1S/C10H12O3S/c1-2-9-5-3-4-6-10(9)7-8-14(11,12)13/h3-8H,2H2,1H3,(H,11,12,13). The van der Waals surface area contributed by atoms with E-state index < -0.39 is 10.1 Å². The van der Waals surface area contributed by atoms with Crippen molar-refractivity contribution in [2.75, 3.05) is 0 Å². The van der Waals surface area contributed by atoms with Gasteiger partial charge in [0.1, 0.15) is 0 Å². The SMILES string of the molecule is CCc1ccccc1C=CS(=O)(=O)O. The number of rotatable bonds is 3. The number of hydrogen-bond acceptors (Lipinski definition) is 2. The third-order valence-corrected chi connectivity index (χ3v) is 2.34. The highest BCUT2D eigenvalue weighted by Gasteiger charge is 1.98. The summed E-state index contributed by atoms with van der Waals surface area (Å²) >= 11 is 0. The Morgan fingerprint density at radius 1 is 1.36 bits per heavy atom. The van der Waals surface area contributed by atoms with E-state index in [0.29, 0.717) is 0 Å². The lowest BCUT2D eigenvalue weighted by Crippen LogP contribution is -1.90. The molecule has 0 amide bonds. The molecule has 1 aromatic rings. The van der Waals surface area contributed by atoms with Crippen LogP contribution < -0.4 is 0 Å². The zero-order valence-electron chi connectivity index (χ0n) is 7.84. The molecule has 0 bridgehead atoms. The molecular weight excluding hydrogens is 200 g/mol. The summed E-state index contributed by atoms with van der Waals surface area (Å²) in [6.45, 7) is 1.99. The van der Waals surface area contributed by atoms with Gasteiger partial charge in [-0.2, -0.15) is 8.42 Å². The van der Waals surface area contributed by atoms with Crippen LogP contribution in [0, 0.1) is 0 Å². The van der Waals surface area contributed by atoms with E-state index in [-0.39, 0.29) is 0 Å². The van der Waals surface area contributed by atoms with Crippen LogP contribution in [0.3, 0.4) is 0 Å². The third kappa shape index (κ3) is 3.32. The van der Waals surface area contributed by atoms with Gasteiger partial charge in [0.05, 0.1) is 5.41 Å². The minimum atomic E-state index is -4.03. The van der Waals surface area contributed by atoms with Gasteiger partial charge < -0.3 is 0 Å². The highest BCUT2D eigenvalue weighted by atomic mass is 32.2. The van der Waals surface area contributed by atoms with E-state index >= 15 is 0 Å². The first kappa shape index (κ1) is 10.9. The zero-order valence-corrected chi connectivity index (χ0v) is 8.66. The maximum Gasteiger partial charge on any atom is 0.287 e. The normalized spacial score (nSPS) is 12.1. The lowest BCUT2D eigenvalue weighted by Gasteiger charge is -2.00. The maximum absolute atomic E-state index is 10.5. The third-order valence-electron chi connectivity index (χ3n) is 1.86. The number of benzene rings is 1. The average Bonchev–Trinajstić information content (AvgIpc) is 2.14. The average molecular weight is 212 g/mol. The van der Waals surface area contributed by atoms with Gasteiger partial charge in [-0.15, -0.1) is 0 Å². The fourth-order valence-corrected chi connectivity index (χ4v) is 1.50. The molecule has 0 unspecified atom stereocenters. The van der Waals surface area contributed by atoms with Crippen LogP contribution >= 0.6 is 0 Å². The second-order valence-electron chi connectivity index (χ2n) is 2.87. The summed E-state index contributed by atoms with van der Waals surface area (Å²) < 4.78 is 29.5. The van der Waals surface area contributed by atoms with Gasteiger partial charge in [-0.25, -0.2) is 0 Å². The highest BCUT2D eigenvalue weighted by molar-refractivity contribution is 7.88. The summed E-state index contributed by atoms with van der Waals surface area (Å²) in [5.41, 5.74) is 1.86. The molecule has 0 fully saturated rings. The number of aryl methyl sites for hydroxylation is 1. The molecular formula is C10H12O3S. The van der Waals surface area contributed by atoms with Crippen molar-refractivity contribution in [2.24, 2.45) is 0 Å². The molecule has 14 heavy (non-hydrogen) atoms. The molecule has 0 heterocycles. The van der Waals surface area contributed by atoms with Crippen LogP contribution in [-0.2, 0) is 16.5 Å². The summed E-state index contributed by atoms with van der Waals surface area (Å²) in [6.07, 6.45) is 2.22. The van der Waals surface area contributed by atoms with Crippen LogP contribution in [0.25, 0.3) is 6.08 Å². The highest BCUT2D eigenvalue weighted by Crippen LogP contribution is 2.11. The Hall–Kier alpha value is -1.13. The van der Waals surface area contributed by atoms with Crippen LogP contribution in [-0.4, -0.2) is 13.0 Å². The van der Waals surface area contributed by atoms with Gasteiger partial charge in [-0.05, 0) is 23.6 Å². The Kier molecular flexibility index (Phi) is 3.43. The monoisotopic (exact) mass is 212 g/mol. The van der Waals surface area contributed by atoms with Gasteiger partial charge in [0, 0.05) is 0 Å². The van der Waals surface area contributed by atoms with E-state index in [1.54, 1.807) is 6.07 Å². The fraction of sp³-hybridized carbons (Fsp3) is 0.200. The Morgan fingerprint density at radius 2 is 2.00 bits per heavy atom. The molecule has 1 N–H and O–H groups in total. The van der Waals surface area contributed by atoms with Gasteiger partial charge in [0.15, 0.2) is 0 Å². The lowest BCUT2D eigenvalue weighted by atomic mass is 10.1. The molecule has 0 saturated carbocycles. The van der Waals surface area contributed by atoms with Crippen LogP contribution in [0.15, 0.2) is 29.7 Å². The summed E-state index contributed by atoms with van der Waals surface area (Å²) in [5, 5.41) is 0.793. The maximum atomic E-state index is 10.5. The van der Waals surface area contributed by atoms with Gasteiger partial charge >= 0.3 is 0 Å². The smallest absolute Gasteiger partial charge is 0.282 e. The van der Waals surface area contributed by atoms with Crippen molar-refractivity contribution in [1.82, 2.24) is 0 Å². The molecule has 0 aliphatic rings. The van der Waals surface area contributed by atoms with E-state index in [0.717, 1.165) is 23.0 Å². The predicted octanol–water partition coefficient (Wildman–Crippen LogP) is 2.11. The van der Waals surface area contributed by atoms with Gasteiger partial charge in [0.2, 0.25) is 0 Å². The largest absolute Gasteiger partial charge is 0.287 e. The minimum Gasteiger partial charge on any atom is -0.282 e. The van der Waals surface area contributed by atoms with E-state index in [1.165, 1.54) is 6.08 Å². The van der Waals surface area contributed by atoms with Crippen molar-refractivity contribution in [2.45, 2.75) is 13.3 Å². The molecule has 0 aromatic heterocycles. The minimum absolute atomic E-state index is 0.793. The quantitative estimate of drug-likeness (QED) is 0.781. The molecule has 0 atom stereocenters. The van der Waals surface area contributed by atoms with Crippen molar-refractivity contribution < 1.29 is 13.0 Å². The van der Waals surface area contributed by atoms with Crippen molar-refractivity contribution in [3.05, 3.63) is 40.8 Å². The Balaban J connectivity index is 3.03. The van der Waals surface area contributed by atoms with E-state index in [2.05, 4.69) is 0 Å². The van der Waals surface area contributed by atoms with Gasteiger partial charge in [-0.3, -0.25) is 4.55 Å². The molecule has 4 heteroatoms. The Bertz CT molecular complexity index is 432. The van der Waals surface area contributed by atoms with Gasteiger partial charge in [0.25, 0.3) is 10.1 Å². The zero-order chi connectivity index (χ0) is 10.6. The molecule has 0 spiro atoms. The second-order valence-corrected chi connectivity index (χ2v) is 4.17. The molecule has 3 nitrogen and oxygen atoms in total. The first-order valence-corrected chi connectivity index (χ1v) is 5.76. The van der Waals surface area contributed by atoms with E-state index in [4.69, 9.17) is 4.55 Å². The summed E-state index contributed by atoms with van der Waals surface area (Å²) in [4.78, 5) is 0. The fourth-order valence-electron chi connectivity index (χ4n) is 1.18. The number of hydrogen-bond donors (Lipinski definition) is 1. The molecule has 0 aliphatic carbocycles. The molecule has 1 aromatic carbocycles. The first-order valence-electron chi connectivity index (χ1n) is 4.26. The van der Waals surface area contributed by atoms with Crippen LogP contribution in [0.5, 0.6) is 0 Å². The van der Waals surface area contributed by atoms with Crippen molar-refractivity contribution >= 4 is 16.2 Å². The lowest BCUT2D eigenvalue weighted by molar-refractivity contribution is 0.494. The molecule has 0 saturated heterocycles. The summed E-state index contributed by atoms with van der Waals surface area (Å²) in [6, 6.07) is 7.44. The topological polar surface area (TPSA) is 54.4 Å². The molecule has 76 valence electrons. The van der Waals surface area contributed by atoms with Crippen LogP contribution in [0.1, 0.15) is 18.1 Å². The predicted molar refractivity (Wildman–Crippen MR) is 56.4 cm³/mol. The van der Waals surface area contributed by atoms with E-state index in [1.807, 2.05) is 25.1 Å². The molecule has 0 radical (unpaired) electrons. The second kappa shape index (κ2) is 4.39. The summed E-state index contributed by atoms with van der Waals surface area (Å²) in [5.74, 6) is 0. The van der Waals surface area contributed by atoms with Crippen LogP contribution in [0.4, 0.5) is 0 Å². The van der Waals surface area contributed by atoms with Crippen LogP contribution in [0.2, 0.25) is 0 Å². The molecule has 1 rings (SSSR count). The molecule has 0 aliphatic heterocycles. The van der Waals surface area contributed by atoms with Crippen molar-refractivity contribution in [1.29, 1.82) is 0 Å². The summed E-state index contributed by atoms with van der Waals surface area (Å²) in [7, 11) is -4.03. The van der Waals surface area contributed by atoms with Gasteiger partial charge in [-0.1, -0.05) is 31.2 Å². The van der Waals surface area contributed by atoms with Crippen molar-refractivity contribution in [3.63, 3.8) is 0 Å². The van der Waals surface area contributed by atoms with E-state index in [9.17, 15) is 8.42 Å². The first-order chi connectivity index (χ1) is 6.53. The van der Waals surface area contributed by atoms with Crippen molar-refractivity contribution in [3.8, 4) is 0 Å².